The predicted molar refractivity (Wildman–Crippen MR) is 131 cm³/mol. The van der Waals surface area contributed by atoms with E-state index in [0.717, 1.165) is 5.56 Å². The normalized spacial score (nSPS) is 11.5. The van der Waals surface area contributed by atoms with Crippen LogP contribution in [0.1, 0.15) is 28.4 Å². The van der Waals surface area contributed by atoms with Crippen LogP contribution in [-0.2, 0) is 17.9 Å². The minimum absolute atomic E-state index is 0.0945. The lowest BCUT2D eigenvalue weighted by Crippen LogP contribution is -2.17. The zero-order valence-corrected chi connectivity index (χ0v) is 20.5. The number of carbonyl (C=O) groups is 1. The first kappa shape index (κ1) is 25.7. The maximum atomic E-state index is 12.7. The number of fused-ring (bicyclic) bond motifs is 1. The summed E-state index contributed by atoms with van der Waals surface area (Å²) in [5.74, 6) is -0.622. The van der Waals surface area contributed by atoms with Crippen LogP contribution in [0.5, 0.6) is 11.6 Å². The minimum Gasteiger partial charge on any atom is -0.471 e. The molecule has 0 amide bonds. The topological polar surface area (TPSA) is 106 Å². The van der Waals surface area contributed by atoms with Crippen LogP contribution in [0.3, 0.4) is 0 Å². The number of nitrogens with zero attached hydrogens (tertiary/aromatic N) is 6. The number of alkyl halides is 3. The van der Waals surface area contributed by atoms with Crippen molar-refractivity contribution in [2.75, 3.05) is 6.61 Å². The number of ether oxygens (including phenoxy) is 3. The predicted octanol–water partition coefficient (Wildman–Crippen LogP) is 4.71. The quantitative estimate of drug-likeness (QED) is 0.248. The second kappa shape index (κ2) is 10.8. The van der Waals surface area contributed by atoms with Crippen LogP contribution in [0.15, 0.2) is 73.3 Å². The molecule has 0 unspecified atom stereocenters. The van der Waals surface area contributed by atoms with Crippen molar-refractivity contribution in [3.63, 3.8) is 0 Å². The molecule has 0 saturated carbocycles. The van der Waals surface area contributed by atoms with Crippen molar-refractivity contribution in [3.05, 3.63) is 90.0 Å². The summed E-state index contributed by atoms with van der Waals surface area (Å²) in [6.07, 6.45) is -0.555. The van der Waals surface area contributed by atoms with Crippen molar-refractivity contribution in [1.82, 2.24) is 29.3 Å². The van der Waals surface area contributed by atoms with Gasteiger partial charge in [-0.2, -0.15) is 15.1 Å². The van der Waals surface area contributed by atoms with Gasteiger partial charge in [0, 0.05) is 6.20 Å². The summed E-state index contributed by atoms with van der Waals surface area (Å²) in [4.78, 5) is 25.6. The molecule has 0 N–H and O–H groups in total. The summed E-state index contributed by atoms with van der Waals surface area (Å²) in [6, 6.07) is 15.1. The first-order valence-corrected chi connectivity index (χ1v) is 11.8. The molecule has 39 heavy (non-hydrogen) atoms. The fourth-order valence-electron chi connectivity index (χ4n) is 3.74. The maximum Gasteiger partial charge on any atom is 0.573 e. The van der Waals surface area contributed by atoms with E-state index in [1.165, 1.54) is 41.6 Å². The van der Waals surface area contributed by atoms with Crippen LogP contribution in [0.4, 0.5) is 13.2 Å². The molecule has 0 saturated heterocycles. The van der Waals surface area contributed by atoms with E-state index in [2.05, 4.69) is 24.8 Å². The van der Waals surface area contributed by atoms with Gasteiger partial charge in [0.25, 0.3) is 5.95 Å². The molecule has 0 atom stereocenters. The molecule has 3 heterocycles. The van der Waals surface area contributed by atoms with Crippen molar-refractivity contribution in [3.8, 4) is 17.6 Å². The lowest BCUT2D eigenvalue weighted by molar-refractivity contribution is -0.274. The summed E-state index contributed by atoms with van der Waals surface area (Å²) in [7, 11) is 0. The third-order valence-corrected chi connectivity index (χ3v) is 5.42. The Labute approximate surface area is 219 Å². The van der Waals surface area contributed by atoms with Gasteiger partial charge < -0.3 is 18.8 Å². The largest absolute Gasteiger partial charge is 0.573 e. The summed E-state index contributed by atoms with van der Waals surface area (Å²) in [6.45, 7) is 2.23. The number of aromatic nitrogens is 6. The number of hydrogen-bond acceptors (Lipinski definition) is 8. The molecule has 0 aliphatic rings. The molecule has 0 aliphatic carbocycles. The van der Waals surface area contributed by atoms with E-state index in [1.807, 2.05) is 30.3 Å². The monoisotopic (exact) mass is 538 g/mol. The van der Waals surface area contributed by atoms with Crippen molar-refractivity contribution >= 4 is 17.1 Å². The molecule has 0 radical (unpaired) electrons. The fraction of sp³-hybridized carbons (Fsp3) is 0.192. The van der Waals surface area contributed by atoms with E-state index < -0.39 is 12.3 Å². The molecule has 10 nitrogen and oxygen atoms in total. The highest BCUT2D eigenvalue weighted by molar-refractivity contribution is 5.88. The average molecular weight is 538 g/mol. The Morgan fingerprint density at radius 1 is 1.03 bits per heavy atom. The van der Waals surface area contributed by atoms with Gasteiger partial charge in [-0.3, -0.25) is 0 Å². The van der Waals surface area contributed by atoms with Gasteiger partial charge in [0.15, 0.2) is 11.2 Å². The molecule has 5 aromatic rings. The van der Waals surface area contributed by atoms with Crippen LogP contribution >= 0.6 is 0 Å². The molecule has 5 rings (SSSR count). The molecular formula is C26H21F3N6O4. The summed E-state index contributed by atoms with van der Waals surface area (Å²) >= 11 is 0. The molecule has 0 fully saturated rings. The summed E-state index contributed by atoms with van der Waals surface area (Å²) in [5.41, 5.74) is 2.32. The number of halogens is 3. The summed E-state index contributed by atoms with van der Waals surface area (Å²) < 4.78 is 56.1. The van der Waals surface area contributed by atoms with Crippen LogP contribution < -0.4 is 9.47 Å². The number of hydrogen-bond donors (Lipinski definition) is 0. The Morgan fingerprint density at radius 3 is 2.59 bits per heavy atom. The van der Waals surface area contributed by atoms with Gasteiger partial charge in [-0.15, -0.1) is 13.2 Å². The van der Waals surface area contributed by atoms with Crippen molar-refractivity contribution < 1.29 is 32.2 Å². The van der Waals surface area contributed by atoms with Crippen LogP contribution in [0, 0.1) is 0 Å². The van der Waals surface area contributed by atoms with E-state index in [9.17, 15) is 18.0 Å². The van der Waals surface area contributed by atoms with Gasteiger partial charge in [-0.05, 0) is 30.2 Å². The highest BCUT2D eigenvalue weighted by Gasteiger charge is 2.31. The Bertz CT molecular complexity index is 1600. The Morgan fingerprint density at radius 2 is 1.82 bits per heavy atom. The zero-order valence-electron chi connectivity index (χ0n) is 20.5. The molecule has 0 aliphatic heterocycles. The van der Waals surface area contributed by atoms with E-state index in [0.29, 0.717) is 16.7 Å². The molecular weight excluding hydrogens is 517 g/mol. The van der Waals surface area contributed by atoms with Gasteiger partial charge >= 0.3 is 12.3 Å². The maximum absolute atomic E-state index is 12.7. The lowest BCUT2D eigenvalue weighted by atomic mass is 10.2. The first-order valence-electron chi connectivity index (χ1n) is 11.8. The fourth-order valence-corrected chi connectivity index (χ4v) is 3.74. The van der Waals surface area contributed by atoms with Crippen LogP contribution in [0.25, 0.3) is 17.1 Å². The second-order valence-corrected chi connectivity index (χ2v) is 8.24. The van der Waals surface area contributed by atoms with Gasteiger partial charge in [0.05, 0.1) is 31.2 Å². The highest BCUT2D eigenvalue weighted by atomic mass is 19.4. The molecule has 200 valence electrons. The molecule has 0 spiro atoms. The van der Waals surface area contributed by atoms with Gasteiger partial charge in [-0.1, -0.05) is 42.5 Å². The number of benzene rings is 2. The Hall–Kier alpha value is -4.94. The van der Waals surface area contributed by atoms with Gasteiger partial charge in [0.1, 0.15) is 12.4 Å². The first-order chi connectivity index (χ1) is 18.8. The minimum atomic E-state index is -4.81. The Kier molecular flexibility index (Phi) is 7.12. The molecule has 2 aromatic carbocycles. The van der Waals surface area contributed by atoms with E-state index >= 15 is 0 Å². The van der Waals surface area contributed by atoms with E-state index in [4.69, 9.17) is 9.47 Å². The highest BCUT2D eigenvalue weighted by Crippen LogP contribution is 2.26. The summed E-state index contributed by atoms with van der Waals surface area (Å²) in [5, 5.41) is 4.18. The zero-order chi connectivity index (χ0) is 27.4. The number of rotatable bonds is 9. The second-order valence-electron chi connectivity index (χ2n) is 8.24. The lowest BCUT2D eigenvalue weighted by Gasteiger charge is -2.11. The SMILES string of the molecule is CCOC(=O)c1cnn(-c2nc(OCc3ccccc3)c3ncn(Cc4cccc(OC(F)(F)F)c4)c3n2)c1. The van der Waals surface area contributed by atoms with E-state index in [-0.39, 0.29) is 42.9 Å². The molecule has 3 aromatic heterocycles. The van der Waals surface area contributed by atoms with Crippen molar-refractivity contribution in [2.45, 2.75) is 26.4 Å². The number of carbonyl (C=O) groups excluding carboxylic acids is 1. The number of esters is 1. The van der Waals surface area contributed by atoms with Crippen molar-refractivity contribution in [2.24, 2.45) is 0 Å². The van der Waals surface area contributed by atoms with Crippen LogP contribution in [-0.4, -0.2) is 48.2 Å². The average Bonchev–Trinajstić information content (AvgIpc) is 3.55. The van der Waals surface area contributed by atoms with Gasteiger partial charge in [-0.25, -0.2) is 14.5 Å². The standard InChI is InChI=1S/C26H21F3N6O4/c1-2-37-24(36)19-12-31-35(14-19)25-32-22-21(23(33-25)38-15-17-7-4-3-5-8-17)30-16-34(22)13-18-9-6-10-20(11-18)39-26(27,28)29/h3-12,14,16H,2,13,15H2,1H3. The molecule has 0 bridgehead atoms. The Balaban J connectivity index is 1.52. The third-order valence-electron chi connectivity index (χ3n) is 5.42. The van der Waals surface area contributed by atoms with E-state index in [1.54, 1.807) is 17.6 Å². The van der Waals surface area contributed by atoms with Gasteiger partial charge in [0.2, 0.25) is 5.88 Å². The third kappa shape index (κ3) is 6.14. The smallest absolute Gasteiger partial charge is 0.471 e. The molecule has 13 heteroatoms. The number of imidazole rings is 1. The van der Waals surface area contributed by atoms with Crippen LogP contribution in [0.2, 0.25) is 0 Å². The van der Waals surface area contributed by atoms with Crippen molar-refractivity contribution in [1.29, 1.82) is 0 Å².